The summed E-state index contributed by atoms with van der Waals surface area (Å²) in [5, 5.41) is 13.7. The van der Waals surface area contributed by atoms with E-state index < -0.39 is 56.7 Å². The number of halogens is 1. The number of primary amides is 1. The maximum Gasteiger partial charge on any atom is 0.286 e. The Morgan fingerprint density at radius 1 is 1.19 bits per heavy atom. The maximum absolute atomic E-state index is 14.4. The molecule has 36 heavy (non-hydrogen) atoms. The lowest BCUT2D eigenvalue weighted by Gasteiger charge is -2.20. The average Bonchev–Trinajstić information content (AvgIpc) is 3.62. The van der Waals surface area contributed by atoms with Crippen LogP contribution in [0.5, 0.6) is 5.75 Å². The van der Waals surface area contributed by atoms with Crippen molar-refractivity contribution in [1.82, 2.24) is 4.98 Å². The Labute approximate surface area is 204 Å². The first-order chi connectivity index (χ1) is 17.0. The minimum Gasteiger partial charge on any atom is -0.506 e. The molecule has 1 aliphatic carbocycles. The highest BCUT2D eigenvalue weighted by atomic mass is 32.2. The lowest BCUT2D eigenvalue weighted by atomic mass is 10.0. The molecule has 2 aliphatic rings. The number of rotatable bonds is 7. The molecule has 1 fully saturated rings. The van der Waals surface area contributed by atoms with Gasteiger partial charge in [-0.2, -0.15) is 8.42 Å². The van der Waals surface area contributed by atoms with Crippen LogP contribution in [0, 0.1) is 11.7 Å². The summed E-state index contributed by atoms with van der Waals surface area (Å²) in [6.45, 7) is 0. The molecule has 0 radical (unpaired) electrons. The molecule has 1 aromatic heterocycles. The van der Waals surface area contributed by atoms with Gasteiger partial charge in [0.2, 0.25) is 5.91 Å². The average molecular weight is 513 g/mol. The van der Waals surface area contributed by atoms with Crippen molar-refractivity contribution in [2.75, 3.05) is 5.32 Å². The first-order valence-corrected chi connectivity index (χ1v) is 12.6. The van der Waals surface area contributed by atoms with Crippen molar-refractivity contribution in [3.8, 4) is 5.75 Å². The molecule has 1 amide bonds. The van der Waals surface area contributed by atoms with Crippen LogP contribution in [0.25, 0.3) is 10.9 Å². The molecule has 1 aliphatic heterocycles. The molecular formula is C24H21FN4O6S. The Morgan fingerprint density at radius 2 is 1.94 bits per heavy atom. The van der Waals surface area contributed by atoms with Crippen LogP contribution in [0.4, 0.5) is 10.1 Å². The molecule has 2 heterocycles. The van der Waals surface area contributed by atoms with E-state index in [-0.39, 0.29) is 27.0 Å². The van der Waals surface area contributed by atoms with E-state index in [2.05, 4.69) is 14.7 Å². The molecule has 1 saturated carbocycles. The van der Waals surface area contributed by atoms with E-state index in [0.717, 1.165) is 31.4 Å². The normalized spacial score (nSPS) is 16.2. The number of hydrogen-bond acceptors (Lipinski definition) is 7. The summed E-state index contributed by atoms with van der Waals surface area (Å²) in [5.74, 6) is -2.63. The molecule has 0 bridgehead atoms. The van der Waals surface area contributed by atoms with E-state index in [9.17, 15) is 32.3 Å². The zero-order chi connectivity index (χ0) is 25.8. The van der Waals surface area contributed by atoms with Gasteiger partial charge >= 0.3 is 0 Å². The molecule has 3 aromatic rings. The van der Waals surface area contributed by atoms with Gasteiger partial charge in [-0.1, -0.05) is 12.8 Å². The number of aromatic hydroxyl groups is 1. The summed E-state index contributed by atoms with van der Waals surface area (Å²) >= 11 is 0. The fraction of sp³-hybridized carbons (Fsp3) is 0.250. The van der Waals surface area contributed by atoms with Crippen molar-refractivity contribution < 1.29 is 27.5 Å². The van der Waals surface area contributed by atoms with E-state index in [1.165, 1.54) is 18.2 Å². The van der Waals surface area contributed by atoms with Gasteiger partial charge < -0.3 is 21.1 Å². The Hall–Kier alpha value is -4.06. The first kappa shape index (κ1) is 23.7. The van der Waals surface area contributed by atoms with E-state index >= 15 is 0 Å². The van der Waals surface area contributed by atoms with Gasteiger partial charge in [-0.15, -0.1) is 4.40 Å². The van der Waals surface area contributed by atoms with E-state index in [0.29, 0.717) is 17.9 Å². The predicted molar refractivity (Wildman–Crippen MR) is 129 cm³/mol. The summed E-state index contributed by atoms with van der Waals surface area (Å²) in [6.07, 6.45) is 2.98. The van der Waals surface area contributed by atoms with Gasteiger partial charge in [0.15, 0.2) is 11.6 Å². The summed E-state index contributed by atoms with van der Waals surface area (Å²) in [5.41, 5.74) is 4.52. The zero-order valence-electron chi connectivity index (χ0n) is 18.8. The molecule has 0 atom stereocenters. The predicted octanol–water partition coefficient (Wildman–Crippen LogP) is 2.33. The highest BCUT2D eigenvalue weighted by Gasteiger charge is 2.30. The van der Waals surface area contributed by atoms with E-state index in [1.807, 2.05) is 0 Å². The minimum atomic E-state index is -4.42. The van der Waals surface area contributed by atoms with Gasteiger partial charge in [0, 0.05) is 10.9 Å². The number of pyridine rings is 1. The second kappa shape index (κ2) is 8.55. The lowest BCUT2D eigenvalue weighted by molar-refractivity contribution is -0.117. The second-order valence-electron chi connectivity index (χ2n) is 8.96. The van der Waals surface area contributed by atoms with E-state index in [4.69, 9.17) is 5.73 Å². The number of amides is 1. The number of carbonyl (C=O) groups excluding carboxylic acids is 2. The number of sulfonamides is 1. The van der Waals surface area contributed by atoms with Crippen LogP contribution in [0.2, 0.25) is 0 Å². The number of nitrogens with one attached hydrogen (secondary N) is 2. The number of H-pyrrole nitrogens is 1. The number of amidine groups is 1. The van der Waals surface area contributed by atoms with Gasteiger partial charge in [-0.25, -0.2) is 4.39 Å². The molecule has 12 heteroatoms. The Morgan fingerprint density at radius 3 is 2.64 bits per heavy atom. The topological polar surface area (TPSA) is 172 Å². The van der Waals surface area contributed by atoms with Gasteiger partial charge in [-0.3, -0.25) is 14.4 Å². The standard InChI is InChI=1S/C24H21FN4O6S/c25-14-7-13(4-3-11-1-2-11)21-15(9-14)22(32)20(24(33)28-21)23-27-16-6-5-12(17(30)10-19(26)31)8-18(16)36(34,35)29-23/h5-9,11H,1-4,10H2,(H2,26,31)(H,27,29)(H2,28,32,33). The Bertz CT molecular complexity index is 1660. The SMILES string of the molecule is NC(=O)CC(=O)c1ccc2c(c1)S(=O)(=O)N=C(c1c(O)c3cc(F)cc(CCC4CC4)c3[nH]c1=O)N2. The van der Waals surface area contributed by atoms with Gasteiger partial charge in [-0.05, 0) is 54.7 Å². The minimum absolute atomic E-state index is 0.00103. The van der Waals surface area contributed by atoms with E-state index in [1.54, 1.807) is 0 Å². The van der Waals surface area contributed by atoms with Gasteiger partial charge in [0.1, 0.15) is 22.0 Å². The summed E-state index contributed by atoms with van der Waals surface area (Å²) < 4.78 is 43.9. The number of anilines is 1. The smallest absolute Gasteiger partial charge is 0.286 e. The second-order valence-corrected chi connectivity index (χ2v) is 10.5. The van der Waals surface area contributed by atoms with Crippen LogP contribution in [0.15, 0.2) is 44.4 Å². The fourth-order valence-corrected chi connectivity index (χ4v) is 5.45. The molecule has 0 saturated heterocycles. The number of nitrogens with two attached hydrogens (primary N) is 1. The summed E-state index contributed by atoms with van der Waals surface area (Å²) in [7, 11) is -4.42. The first-order valence-electron chi connectivity index (χ1n) is 11.2. The van der Waals surface area contributed by atoms with Gasteiger partial charge in [0.05, 0.1) is 17.6 Å². The van der Waals surface area contributed by atoms with Gasteiger partial charge in [0.25, 0.3) is 15.6 Å². The Kier molecular flexibility index (Phi) is 5.62. The lowest BCUT2D eigenvalue weighted by Crippen LogP contribution is -2.29. The third kappa shape index (κ3) is 4.35. The number of aryl methyl sites for hydroxylation is 1. The number of aromatic nitrogens is 1. The monoisotopic (exact) mass is 512 g/mol. The zero-order valence-corrected chi connectivity index (χ0v) is 19.6. The third-order valence-corrected chi connectivity index (χ3v) is 7.60. The number of Topliss-reactive ketones (excluding diaryl/α,β-unsaturated/α-hetero) is 1. The summed E-state index contributed by atoms with van der Waals surface area (Å²) in [6, 6.07) is 6.00. The van der Waals surface area contributed by atoms with Crippen molar-refractivity contribution in [2.24, 2.45) is 16.0 Å². The van der Waals surface area contributed by atoms with Crippen molar-refractivity contribution in [3.05, 3.63) is 63.2 Å². The molecule has 186 valence electrons. The third-order valence-electron chi connectivity index (χ3n) is 6.28. The van der Waals surface area contributed by atoms with Crippen LogP contribution in [-0.4, -0.2) is 36.0 Å². The molecule has 5 N–H and O–H groups in total. The van der Waals surface area contributed by atoms with Crippen molar-refractivity contribution in [2.45, 2.75) is 37.0 Å². The number of nitrogens with zero attached hydrogens (tertiary/aromatic N) is 1. The number of benzene rings is 2. The number of ketones is 1. The molecule has 10 nitrogen and oxygen atoms in total. The number of carbonyl (C=O) groups is 2. The van der Waals surface area contributed by atoms with Crippen LogP contribution < -0.4 is 16.6 Å². The number of aromatic amines is 1. The number of hydrogen-bond donors (Lipinski definition) is 4. The molecule has 2 aromatic carbocycles. The number of fused-ring (bicyclic) bond motifs is 2. The fourth-order valence-electron chi connectivity index (χ4n) is 4.30. The molecular weight excluding hydrogens is 491 g/mol. The van der Waals surface area contributed by atoms with Crippen LogP contribution in [0.1, 0.15) is 47.2 Å². The molecule has 0 unspecified atom stereocenters. The van der Waals surface area contributed by atoms with Crippen LogP contribution >= 0.6 is 0 Å². The van der Waals surface area contributed by atoms with Crippen molar-refractivity contribution in [3.63, 3.8) is 0 Å². The quantitative estimate of drug-likeness (QED) is 0.278. The highest BCUT2D eigenvalue weighted by Crippen LogP contribution is 2.36. The largest absolute Gasteiger partial charge is 0.506 e. The highest BCUT2D eigenvalue weighted by molar-refractivity contribution is 7.90. The molecule has 0 spiro atoms. The van der Waals surface area contributed by atoms with Crippen molar-refractivity contribution >= 4 is 44.1 Å². The molecule has 5 rings (SSSR count). The van der Waals surface area contributed by atoms with Crippen LogP contribution in [-0.2, 0) is 21.2 Å². The van der Waals surface area contributed by atoms with Crippen molar-refractivity contribution in [1.29, 1.82) is 0 Å². The maximum atomic E-state index is 14.4. The van der Waals surface area contributed by atoms with Crippen LogP contribution in [0.3, 0.4) is 0 Å². The summed E-state index contributed by atoms with van der Waals surface area (Å²) in [4.78, 5) is 38.5. The Balaban J connectivity index is 1.58.